The van der Waals surface area contributed by atoms with Crippen LogP contribution in [0.4, 0.5) is 0 Å². The molecule has 24 heavy (non-hydrogen) atoms. The molecular weight excluding hydrogens is 306 g/mol. The van der Waals surface area contributed by atoms with Crippen molar-refractivity contribution in [3.63, 3.8) is 0 Å². The molecule has 1 amide bonds. The van der Waals surface area contributed by atoms with Gasteiger partial charge in [-0.1, -0.05) is 0 Å². The molecule has 4 rings (SSSR count). The molecule has 1 aromatic carbocycles. The normalized spacial score (nSPS) is 18.2. The van der Waals surface area contributed by atoms with Gasteiger partial charge in [-0.3, -0.25) is 9.36 Å². The van der Waals surface area contributed by atoms with Gasteiger partial charge >= 0.3 is 5.69 Å². The van der Waals surface area contributed by atoms with Crippen molar-refractivity contribution < 1.29 is 4.79 Å². The molecule has 0 aliphatic carbocycles. The summed E-state index contributed by atoms with van der Waals surface area (Å²) in [5.41, 5.74) is 1.92. The van der Waals surface area contributed by atoms with Crippen molar-refractivity contribution in [3.05, 3.63) is 53.0 Å². The highest BCUT2D eigenvalue weighted by Gasteiger charge is 2.25. The molecule has 7 nitrogen and oxygen atoms in total. The van der Waals surface area contributed by atoms with Crippen LogP contribution in [-0.4, -0.2) is 43.0 Å². The first-order valence-corrected chi connectivity index (χ1v) is 8.09. The lowest BCUT2D eigenvalue weighted by molar-refractivity contribution is 0.0679. The molecular formula is C17H19N5O2. The molecule has 1 fully saturated rings. The largest absolute Gasteiger partial charge is 0.337 e. The van der Waals surface area contributed by atoms with E-state index in [0.717, 1.165) is 24.9 Å². The van der Waals surface area contributed by atoms with Gasteiger partial charge in [0, 0.05) is 38.1 Å². The fourth-order valence-corrected chi connectivity index (χ4v) is 3.42. The Morgan fingerprint density at radius 3 is 3.04 bits per heavy atom. The molecule has 2 aromatic heterocycles. The lowest BCUT2D eigenvalue weighted by Crippen LogP contribution is -2.40. The van der Waals surface area contributed by atoms with E-state index in [1.807, 2.05) is 17.2 Å². The first kappa shape index (κ1) is 14.7. The van der Waals surface area contributed by atoms with Crippen LogP contribution in [0.15, 0.2) is 41.7 Å². The second kappa shape index (κ2) is 5.67. The van der Waals surface area contributed by atoms with Gasteiger partial charge in [-0.05, 0) is 31.0 Å². The van der Waals surface area contributed by atoms with E-state index in [1.165, 1.54) is 0 Å². The van der Waals surface area contributed by atoms with E-state index in [0.29, 0.717) is 17.6 Å². The van der Waals surface area contributed by atoms with Gasteiger partial charge in [0.2, 0.25) is 0 Å². The van der Waals surface area contributed by atoms with E-state index in [-0.39, 0.29) is 17.6 Å². The van der Waals surface area contributed by atoms with E-state index >= 15 is 0 Å². The minimum absolute atomic E-state index is 0.00594. The Balaban J connectivity index is 1.60. The molecule has 0 radical (unpaired) electrons. The van der Waals surface area contributed by atoms with Crippen LogP contribution in [0.2, 0.25) is 0 Å². The molecule has 124 valence electrons. The van der Waals surface area contributed by atoms with Gasteiger partial charge in [-0.2, -0.15) is 0 Å². The molecule has 1 saturated heterocycles. The number of H-pyrrole nitrogens is 1. The van der Waals surface area contributed by atoms with E-state index in [4.69, 9.17) is 0 Å². The number of amides is 1. The van der Waals surface area contributed by atoms with E-state index in [2.05, 4.69) is 14.5 Å². The van der Waals surface area contributed by atoms with Crippen LogP contribution in [0.3, 0.4) is 0 Å². The number of likely N-dealkylation sites (tertiary alicyclic amines) is 1. The lowest BCUT2D eigenvalue weighted by atomic mass is 10.0. The fourth-order valence-electron chi connectivity index (χ4n) is 3.42. The number of hydrogen-bond acceptors (Lipinski definition) is 3. The fraction of sp³-hybridized carbons (Fsp3) is 0.353. The third-order valence-corrected chi connectivity index (χ3v) is 4.78. The Bertz CT molecular complexity index is 938. The second-order valence-electron chi connectivity index (χ2n) is 6.28. The summed E-state index contributed by atoms with van der Waals surface area (Å²) in [6.45, 7) is 1.44. The van der Waals surface area contributed by atoms with Crippen LogP contribution in [-0.2, 0) is 7.05 Å². The first-order valence-electron chi connectivity index (χ1n) is 8.09. The van der Waals surface area contributed by atoms with E-state index in [1.54, 1.807) is 36.3 Å². The van der Waals surface area contributed by atoms with Crippen molar-refractivity contribution >= 4 is 16.9 Å². The van der Waals surface area contributed by atoms with Crippen molar-refractivity contribution in [1.82, 2.24) is 24.0 Å². The third-order valence-electron chi connectivity index (χ3n) is 4.78. The van der Waals surface area contributed by atoms with Gasteiger partial charge in [-0.25, -0.2) is 9.78 Å². The minimum Gasteiger partial charge on any atom is -0.337 e. The Morgan fingerprint density at radius 2 is 2.25 bits per heavy atom. The zero-order valence-electron chi connectivity index (χ0n) is 13.5. The van der Waals surface area contributed by atoms with Crippen LogP contribution in [0, 0.1) is 0 Å². The number of carbonyl (C=O) groups is 1. The van der Waals surface area contributed by atoms with Gasteiger partial charge in [-0.15, -0.1) is 0 Å². The number of piperidine rings is 1. The average Bonchev–Trinajstić information content (AvgIpc) is 3.23. The highest BCUT2D eigenvalue weighted by atomic mass is 16.2. The van der Waals surface area contributed by atoms with Gasteiger partial charge in [0.15, 0.2) is 0 Å². The predicted octanol–water partition coefficient (Wildman–Crippen LogP) is 1.54. The SMILES string of the molecule is Cn1c(=O)[nH]c2cc(C(=O)N3CCCC(n4ccnc4)C3)ccc21. The zero-order chi connectivity index (χ0) is 16.7. The van der Waals surface area contributed by atoms with Gasteiger partial charge in [0.25, 0.3) is 5.91 Å². The average molecular weight is 325 g/mol. The quantitative estimate of drug-likeness (QED) is 0.776. The number of hydrogen-bond donors (Lipinski definition) is 1. The topological polar surface area (TPSA) is 75.9 Å². The van der Waals surface area contributed by atoms with Crippen molar-refractivity contribution in [1.29, 1.82) is 0 Å². The van der Waals surface area contributed by atoms with E-state index < -0.39 is 0 Å². The number of carbonyl (C=O) groups excluding carboxylic acids is 1. The van der Waals surface area contributed by atoms with Crippen LogP contribution >= 0.6 is 0 Å². The maximum atomic E-state index is 12.9. The maximum absolute atomic E-state index is 12.9. The van der Waals surface area contributed by atoms with Crippen molar-refractivity contribution in [2.45, 2.75) is 18.9 Å². The lowest BCUT2D eigenvalue weighted by Gasteiger charge is -2.33. The third kappa shape index (κ3) is 2.42. The van der Waals surface area contributed by atoms with Crippen molar-refractivity contribution in [3.8, 4) is 0 Å². The van der Waals surface area contributed by atoms with Crippen molar-refractivity contribution in [2.24, 2.45) is 7.05 Å². The summed E-state index contributed by atoms with van der Waals surface area (Å²) in [7, 11) is 1.71. The number of benzene rings is 1. The number of imidazole rings is 2. The standard InChI is InChI=1S/C17H19N5O2/c1-20-15-5-4-12(9-14(15)19-17(20)24)16(23)21-7-2-3-13(10-21)22-8-6-18-11-22/h4-6,8-9,11,13H,2-3,7,10H2,1H3,(H,19,24). The zero-order valence-corrected chi connectivity index (χ0v) is 13.5. The first-order chi connectivity index (χ1) is 11.6. The highest BCUT2D eigenvalue weighted by molar-refractivity contribution is 5.97. The molecule has 1 atom stereocenters. The van der Waals surface area contributed by atoms with Crippen LogP contribution in [0.5, 0.6) is 0 Å². The molecule has 1 unspecified atom stereocenters. The smallest absolute Gasteiger partial charge is 0.326 e. The summed E-state index contributed by atoms with van der Waals surface area (Å²) in [6.07, 6.45) is 7.53. The number of aryl methyl sites for hydroxylation is 1. The number of nitrogens with zero attached hydrogens (tertiary/aromatic N) is 4. The number of nitrogens with one attached hydrogen (secondary N) is 1. The molecule has 0 bridgehead atoms. The Hall–Kier alpha value is -2.83. The predicted molar refractivity (Wildman–Crippen MR) is 89.9 cm³/mol. The maximum Gasteiger partial charge on any atom is 0.326 e. The summed E-state index contributed by atoms with van der Waals surface area (Å²) < 4.78 is 3.61. The molecule has 7 heteroatoms. The van der Waals surface area contributed by atoms with Crippen molar-refractivity contribution in [2.75, 3.05) is 13.1 Å². The minimum atomic E-state index is -0.173. The number of rotatable bonds is 2. The molecule has 3 aromatic rings. The molecule has 0 saturated carbocycles. The summed E-state index contributed by atoms with van der Waals surface area (Å²) in [5.74, 6) is 0.00594. The summed E-state index contributed by atoms with van der Waals surface area (Å²) in [4.78, 5) is 33.3. The highest BCUT2D eigenvalue weighted by Crippen LogP contribution is 2.23. The molecule has 1 aliphatic heterocycles. The monoisotopic (exact) mass is 325 g/mol. The van der Waals surface area contributed by atoms with Crippen LogP contribution in [0.25, 0.3) is 11.0 Å². The van der Waals surface area contributed by atoms with Crippen LogP contribution in [0.1, 0.15) is 29.2 Å². The van der Waals surface area contributed by atoms with E-state index in [9.17, 15) is 9.59 Å². The summed E-state index contributed by atoms with van der Waals surface area (Å²) >= 11 is 0. The molecule has 3 heterocycles. The molecule has 0 spiro atoms. The Labute approximate surface area is 138 Å². The van der Waals surface area contributed by atoms with Crippen LogP contribution < -0.4 is 5.69 Å². The molecule has 1 N–H and O–H groups in total. The van der Waals surface area contributed by atoms with Gasteiger partial charge in [0.1, 0.15) is 0 Å². The Kier molecular flexibility index (Phi) is 3.48. The van der Waals surface area contributed by atoms with Gasteiger partial charge < -0.3 is 14.5 Å². The number of aromatic nitrogens is 4. The van der Waals surface area contributed by atoms with Gasteiger partial charge in [0.05, 0.1) is 23.4 Å². The summed E-state index contributed by atoms with van der Waals surface area (Å²) in [5, 5.41) is 0. The summed E-state index contributed by atoms with van der Waals surface area (Å²) in [6, 6.07) is 5.64. The second-order valence-corrected chi connectivity index (χ2v) is 6.28. The number of aromatic amines is 1. The number of fused-ring (bicyclic) bond motifs is 1. The molecule has 1 aliphatic rings. The Morgan fingerprint density at radius 1 is 1.38 bits per heavy atom.